The van der Waals surface area contributed by atoms with E-state index in [0.29, 0.717) is 51.6 Å². The number of thiazole rings is 1. The van der Waals surface area contributed by atoms with Gasteiger partial charge in [0.15, 0.2) is 15.8 Å². The van der Waals surface area contributed by atoms with Crippen LogP contribution in [0.5, 0.6) is 0 Å². The number of nitrogens with zero attached hydrogens (tertiary/aromatic N) is 2. The molecule has 0 amide bonds. The average molecular weight is 516 g/mol. The molecular formula is C16H29IN4O3S2. The Bertz CT molecular complexity index is 694. The lowest BCUT2D eigenvalue weighted by Gasteiger charge is -2.35. The van der Waals surface area contributed by atoms with Gasteiger partial charge in [0, 0.05) is 37.4 Å². The summed E-state index contributed by atoms with van der Waals surface area (Å²) in [6.45, 7) is 8.47. The fourth-order valence-electron chi connectivity index (χ4n) is 2.76. The van der Waals surface area contributed by atoms with Crippen LogP contribution >= 0.6 is 35.3 Å². The van der Waals surface area contributed by atoms with Gasteiger partial charge in [-0.15, -0.1) is 35.3 Å². The van der Waals surface area contributed by atoms with E-state index < -0.39 is 14.6 Å². The van der Waals surface area contributed by atoms with Crippen LogP contribution in [0.15, 0.2) is 4.99 Å². The third kappa shape index (κ3) is 6.03. The topological polar surface area (TPSA) is 92.7 Å². The van der Waals surface area contributed by atoms with E-state index in [4.69, 9.17) is 4.74 Å². The highest BCUT2D eigenvalue weighted by Gasteiger charge is 2.42. The van der Waals surface area contributed by atoms with Crippen molar-refractivity contribution in [3.05, 3.63) is 15.6 Å². The molecule has 1 aromatic rings. The maximum atomic E-state index is 12.3. The molecular weight excluding hydrogens is 487 g/mol. The van der Waals surface area contributed by atoms with Gasteiger partial charge in [-0.3, -0.25) is 0 Å². The van der Waals surface area contributed by atoms with Crippen LogP contribution < -0.4 is 10.6 Å². The van der Waals surface area contributed by atoms with Crippen LogP contribution in [-0.4, -0.2) is 56.7 Å². The largest absolute Gasteiger partial charge is 0.381 e. The van der Waals surface area contributed by atoms with Gasteiger partial charge in [-0.25, -0.2) is 18.4 Å². The molecule has 1 aromatic heterocycles. The van der Waals surface area contributed by atoms with Crippen LogP contribution in [0.4, 0.5) is 0 Å². The number of hydrogen-bond donors (Lipinski definition) is 2. The van der Waals surface area contributed by atoms with Gasteiger partial charge >= 0.3 is 0 Å². The highest BCUT2D eigenvalue weighted by molar-refractivity contribution is 14.0. The molecule has 0 aromatic carbocycles. The first-order chi connectivity index (χ1) is 11.8. The lowest BCUT2D eigenvalue weighted by molar-refractivity contribution is 0.0756. The Morgan fingerprint density at radius 1 is 1.31 bits per heavy atom. The van der Waals surface area contributed by atoms with E-state index in [0.717, 1.165) is 10.7 Å². The third-order valence-corrected chi connectivity index (χ3v) is 7.74. The van der Waals surface area contributed by atoms with Gasteiger partial charge in [-0.05, 0) is 33.6 Å². The second kappa shape index (κ2) is 10.2. The Balaban J connectivity index is 0.00000338. The highest BCUT2D eigenvalue weighted by atomic mass is 127. The van der Waals surface area contributed by atoms with E-state index in [1.54, 1.807) is 11.3 Å². The molecule has 26 heavy (non-hydrogen) atoms. The zero-order chi connectivity index (χ0) is 18.5. The molecule has 0 aliphatic carbocycles. The minimum atomic E-state index is -3.20. The van der Waals surface area contributed by atoms with Gasteiger partial charge in [-0.1, -0.05) is 0 Å². The van der Waals surface area contributed by atoms with Crippen LogP contribution in [0.2, 0.25) is 0 Å². The fraction of sp³-hybridized carbons (Fsp3) is 0.750. The Morgan fingerprint density at radius 2 is 1.96 bits per heavy atom. The second-order valence-electron chi connectivity index (χ2n) is 6.37. The van der Waals surface area contributed by atoms with Crippen LogP contribution in [0.3, 0.4) is 0 Å². The van der Waals surface area contributed by atoms with Crippen molar-refractivity contribution in [2.45, 2.75) is 44.9 Å². The molecule has 0 spiro atoms. The molecule has 2 rings (SSSR count). The van der Waals surface area contributed by atoms with Crippen LogP contribution in [-0.2, 0) is 21.1 Å². The second-order valence-corrected chi connectivity index (χ2v) is 10.1. The maximum Gasteiger partial charge on any atom is 0.191 e. The number of aromatic nitrogens is 1. The quantitative estimate of drug-likeness (QED) is 0.342. The summed E-state index contributed by atoms with van der Waals surface area (Å²) in [5, 5.41) is 7.34. The Morgan fingerprint density at radius 3 is 2.46 bits per heavy atom. The molecule has 7 nitrogen and oxygen atoms in total. The van der Waals surface area contributed by atoms with E-state index in [2.05, 4.69) is 20.6 Å². The van der Waals surface area contributed by atoms with Gasteiger partial charge in [0.05, 0.1) is 17.0 Å². The Kier molecular flexibility index (Phi) is 9.24. The zero-order valence-corrected chi connectivity index (χ0v) is 19.8. The molecule has 0 unspecified atom stereocenters. The number of ether oxygens (including phenoxy) is 1. The molecule has 10 heteroatoms. The molecule has 1 aliphatic rings. The van der Waals surface area contributed by atoms with E-state index in [9.17, 15) is 8.42 Å². The van der Waals surface area contributed by atoms with Gasteiger partial charge in [-0.2, -0.15) is 0 Å². The number of hydrogen-bond acceptors (Lipinski definition) is 6. The number of guanidine groups is 1. The molecule has 1 fully saturated rings. The predicted octanol–water partition coefficient (Wildman–Crippen LogP) is 2.03. The SMILES string of the molecule is CCNC(=NCc1nc(C)c(C)s1)NCC1(S(C)(=O)=O)CCOCC1.I. The standard InChI is InChI=1S/C16H28N4O3S2.HI/c1-5-17-15(18-10-14-20-12(2)13(3)24-14)19-11-16(25(4,21)22)6-8-23-9-7-16;/h5-11H2,1-4H3,(H2,17,18,19);1H. The zero-order valence-electron chi connectivity index (χ0n) is 15.8. The van der Waals surface area contributed by atoms with Crippen molar-refractivity contribution in [3.8, 4) is 0 Å². The number of rotatable bonds is 6. The average Bonchev–Trinajstić information content (AvgIpc) is 2.88. The van der Waals surface area contributed by atoms with Crippen LogP contribution in [0, 0.1) is 13.8 Å². The smallest absolute Gasteiger partial charge is 0.191 e. The van der Waals surface area contributed by atoms with Gasteiger partial charge < -0.3 is 15.4 Å². The fourth-order valence-corrected chi connectivity index (χ4v) is 4.86. The third-order valence-electron chi connectivity index (χ3n) is 4.56. The first kappa shape index (κ1) is 23.6. The Labute approximate surface area is 177 Å². The lowest BCUT2D eigenvalue weighted by Crippen LogP contribution is -2.53. The summed E-state index contributed by atoms with van der Waals surface area (Å²) in [5.41, 5.74) is 1.03. The summed E-state index contributed by atoms with van der Waals surface area (Å²) in [7, 11) is -3.20. The summed E-state index contributed by atoms with van der Waals surface area (Å²) in [6, 6.07) is 0. The first-order valence-electron chi connectivity index (χ1n) is 8.50. The van der Waals surface area contributed by atoms with Crippen LogP contribution in [0.1, 0.15) is 35.3 Å². The molecule has 0 radical (unpaired) electrons. The predicted molar refractivity (Wildman–Crippen MR) is 117 cm³/mol. The molecule has 0 atom stereocenters. The molecule has 0 bridgehead atoms. The maximum absolute atomic E-state index is 12.3. The van der Waals surface area contributed by atoms with Gasteiger partial charge in [0.25, 0.3) is 0 Å². The highest BCUT2D eigenvalue weighted by Crippen LogP contribution is 2.28. The molecule has 2 N–H and O–H groups in total. The van der Waals surface area contributed by atoms with Crippen molar-refractivity contribution < 1.29 is 13.2 Å². The molecule has 1 saturated heterocycles. The normalized spacial score (nSPS) is 17.5. The number of nitrogens with one attached hydrogen (secondary N) is 2. The molecule has 1 aliphatic heterocycles. The molecule has 150 valence electrons. The van der Waals surface area contributed by atoms with Crippen molar-refractivity contribution >= 4 is 51.1 Å². The van der Waals surface area contributed by atoms with Gasteiger partial charge in [0.1, 0.15) is 5.01 Å². The van der Waals surface area contributed by atoms with E-state index >= 15 is 0 Å². The number of aryl methyl sites for hydroxylation is 2. The Hall–Kier alpha value is -0.460. The van der Waals surface area contributed by atoms with Crippen molar-refractivity contribution in [1.29, 1.82) is 0 Å². The summed E-state index contributed by atoms with van der Waals surface area (Å²) < 4.78 is 29.2. The van der Waals surface area contributed by atoms with Crippen molar-refractivity contribution in [1.82, 2.24) is 15.6 Å². The summed E-state index contributed by atoms with van der Waals surface area (Å²) in [4.78, 5) is 10.2. The van der Waals surface area contributed by atoms with E-state index in [-0.39, 0.29) is 24.0 Å². The van der Waals surface area contributed by atoms with Crippen molar-refractivity contribution in [3.63, 3.8) is 0 Å². The number of halogens is 1. The van der Waals surface area contributed by atoms with Gasteiger partial charge in [0.2, 0.25) is 0 Å². The lowest BCUT2D eigenvalue weighted by atomic mass is 9.99. The van der Waals surface area contributed by atoms with E-state index in [1.165, 1.54) is 11.1 Å². The number of aliphatic imine (C=N–C) groups is 1. The summed E-state index contributed by atoms with van der Waals surface area (Å²) >= 11 is 1.64. The van der Waals surface area contributed by atoms with Crippen molar-refractivity contribution in [2.24, 2.45) is 4.99 Å². The molecule has 0 saturated carbocycles. The first-order valence-corrected chi connectivity index (χ1v) is 11.2. The summed E-state index contributed by atoms with van der Waals surface area (Å²) in [5.74, 6) is 0.613. The van der Waals surface area contributed by atoms with Crippen LogP contribution in [0.25, 0.3) is 0 Å². The minimum absolute atomic E-state index is 0. The summed E-state index contributed by atoms with van der Waals surface area (Å²) in [6.07, 6.45) is 2.32. The number of sulfone groups is 1. The van der Waals surface area contributed by atoms with E-state index in [1.807, 2.05) is 20.8 Å². The van der Waals surface area contributed by atoms with Crippen molar-refractivity contribution in [2.75, 3.05) is 32.6 Å². The monoisotopic (exact) mass is 516 g/mol. The minimum Gasteiger partial charge on any atom is -0.381 e. The molecule has 2 heterocycles.